The zero-order valence-electron chi connectivity index (χ0n) is 14.8. The van der Waals surface area contributed by atoms with Crippen molar-refractivity contribution in [2.24, 2.45) is 0 Å². The number of likely N-dealkylation sites (N-methyl/N-ethyl adjacent to an activating group) is 1. The van der Waals surface area contributed by atoms with Crippen molar-refractivity contribution in [3.05, 3.63) is 53.1 Å². The third kappa shape index (κ3) is 5.96. The zero-order chi connectivity index (χ0) is 18.2. The number of methoxy groups -OCH3 is 1. The van der Waals surface area contributed by atoms with E-state index in [0.717, 1.165) is 22.8 Å². The molecule has 25 heavy (non-hydrogen) atoms. The van der Waals surface area contributed by atoms with Gasteiger partial charge in [-0.2, -0.15) is 0 Å². The molecule has 0 heterocycles. The molecule has 0 aromatic heterocycles. The Labute approximate surface area is 153 Å². The van der Waals surface area contributed by atoms with Crippen molar-refractivity contribution in [1.29, 1.82) is 0 Å². The largest absolute Gasteiger partial charge is 0.495 e. The molecule has 2 aromatic carbocycles. The molecule has 5 nitrogen and oxygen atoms in total. The van der Waals surface area contributed by atoms with Crippen LogP contribution in [-0.4, -0.2) is 33.2 Å². The van der Waals surface area contributed by atoms with E-state index in [1.54, 1.807) is 25.3 Å². The van der Waals surface area contributed by atoms with Gasteiger partial charge in [0, 0.05) is 10.6 Å². The van der Waals surface area contributed by atoms with Gasteiger partial charge in [0.1, 0.15) is 18.0 Å². The van der Waals surface area contributed by atoms with Gasteiger partial charge >= 0.3 is 0 Å². The number of hydrogen-bond acceptors (Lipinski definition) is 3. The van der Waals surface area contributed by atoms with Gasteiger partial charge in [0.2, 0.25) is 0 Å². The Balaban J connectivity index is 1.90. The van der Waals surface area contributed by atoms with Crippen molar-refractivity contribution in [2.75, 3.05) is 32.6 Å². The van der Waals surface area contributed by atoms with E-state index in [0.29, 0.717) is 29.6 Å². The van der Waals surface area contributed by atoms with Crippen LogP contribution in [0.3, 0.4) is 0 Å². The maximum absolute atomic E-state index is 12.3. The average Bonchev–Trinajstić information content (AvgIpc) is 2.57. The number of ether oxygens (including phenoxy) is 2. The summed E-state index contributed by atoms with van der Waals surface area (Å²) in [6, 6.07) is 13.1. The van der Waals surface area contributed by atoms with E-state index in [9.17, 15) is 4.79 Å². The van der Waals surface area contributed by atoms with Crippen molar-refractivity contribution in [2.45, 2.75) is 13.5 Å². The van der Waals surface area contributed by atoms with Crippen molar-refractivity contribution in [3.63, 3.8) is 0 Å². The van der Waals surface area contributed by atoms with Crippen LogP contribution in [0, 0.1) is 0 Å². The molecule has 0 saturated carbocycles. The highest BCUT2D eigenvalue weighted by Crippen LogP contribution is 2.27. The van der Waals surface area contributed by atoms with Crippen LogP contribution in [0.1, 0.15) is 12.5 Å². The number of rotatable bonds is 8. The maximum atomic E-state index is 12.3. The number of halogens is 1. The first kappa shape index (κ1) is 19.1. The van der Waals surface area contributed by atoms with Crippen LogP contribution in [0.25, 0.3) is 0 Å². The molecule has 1 atom stereocenters. The second kappa shape index (κ2) is 9.30. The molecule has 2 rings (SSSR count). The van der Waals surface area contributed by atoms with Crippen molar-refractivity contribution < 1.29 is 19.2 Å². The van der Waals surface area contributed by atoms with Crippen LogP contribution in [0.5, 0.6) is 11.5 Å². The third-order valence-electron chi connectivity index (χ3n) is 3.64. The summed E-state index contributed by atoms with van der Waals surface area (Å²) >= 11 is 5.98. The second-order valence-electron chi connectivity index (χ2n) is 5.78. The van der Waals surface area contributed by atoms with Crippen molar-refractivity contribution >= 4 is 23.2 Å². The maximum Gasteiger partial charge on any atom is 0.279 e. The normalized spacial score (nSPS) is 11.7. The number of quaternary nitrogens is 1. The highest BCUT2D eigenvalue weighted by Gasteiger charge is 2.13. The predicted molar refractivity (Wildman–Crippen MR) is 99.7 cm³/mol. The molecule has 0 aliphatic rings. The molecule has 2 aromatic rings. The molecule has 0 radical (unpaired) electrons. The zero-order valence-corrected chi connectivity index (χ0v) is 15.5. The molecule has 0 aliphatic heterocycles. The number of hydrogen-bond donors (Lipinski definition) is 2. The summed E-state index contributed by atoms with van der Waals surface area (Å²) in [6.07, 6.45) is 0. The minimum absolute atomic E-state index is 0.0935. The van der Waals surface area contributed by atoms with Crippen LogP contribution in [-0.2, 0) is 11.3 Å². The lowest BCUT2D eigenvalue weighted by molar-refractivity contribution is -0.885. The number of benzene rings is 2. The Morgan fingerprint density at radius 1 is 1.20 bits per heavy atom. The number of carbonyl (C=O) groups is 1. The average molecular weight is 364 g/mol. The van der Waals surface area contributed by atoms with Crippen molar-refractivity contribution in [3.8, 4) is 11.5 Å². The SMILES string of the molecule is CCOc1ccc(C[NH+](C)CC(=O)Nc2cc(Cl)ccc2OC)cc1. The highest BCUT2D eigenvalue weighted by molar-refractivity contribution is 6.31. The summed E-state index contributed by atoms with van der Waals surface area (Å²) in [6.45, 7) is 3.69. The summed E-state index contributed by atoms with van der Waals surface area (Å²) in [5.74, 6) is 1.35. The summed E-state index contributed by atoms with van der Waals surface area (Å²) in [4.78, 5) is 13.4. The summed E-state index contributed by atoms with van der Waals surface area (Å²) < 4.78 is 10.7. The molecule has 0 fully saturated rings. The van der Waals surface area contributed by atoms with Gasteiger partial charge in [0.25, 0.3) is 5.91 Å². The summed E-state index contributed by atoms with van der Waals surface area (Å²) in [5.41, 5.74) is 1.72. The van der Waals surface area contributed by atoms with Gasteiger partial charge in [-0.25, -0.2) is 0 Å². The molecular weight excluding hydrogens is 340 g/mol. The Morgan fingerprint density at radius 3 is 2.56 bits per heavy atom. The molecule has 6 heteroatoms. The number of anilines is 1. The lowest BCUT2D eigenvalue weighted by Gasteiger charge is -2.15. The number of amides is 1. The third-order valence-corrected chi connectivity index (χ3v) is 3.87. The fraction of sp³-hybridized carbons (Fsp3) is 0.316. The quantitative estimate of drug-likeness (QED) is 0.757. The van der Waals surface area contributed by atoms with Gasteiger partial charge in [-0.15, -0.1) is 0 Å². The number of carbonyl (C=O) groups excluding carboxylic acids is 1. The Bertz CT molecular complexity index is 704. The van der Waals surface area contributed by atoms with Gasteiger partial charge in [0.15, 0.2) is 6.54 Å². The lowest BCUT2D eigenvalue weighted by atomic mass is 10.2. The number of nitrogens with one attached hydrogen (secondary N) is 2. The molecule has 0 saturated heterocycles. The van der Waals surface area contributed by atoms with E-state index >= 15 is 0 Å². The van der Waals surface area contributed by atoms with Crippen molar-refractivity contribution in [1.82, 2.24) is 0 Å². The van der Waals surface area contributed by atoms with E-state index < -0.39 is 0 Å². The molecule has 0 bridgehead atoms. The molecule has 1 unspecified atom stereocenters. The summed E-state index contributed by atoms with van der Waals surface area (Å²) in [5, 5.41) is 3.40. The fourth-order valence-corrected chi connectivity index (χ4v) is 2.70. The van der Waals surface area contributed by atoms with Crippen LogP contribution < -0.4 is 19.7 Å². The summed E-state index contributed by atoms with van der Waals surface area (Å²) in [7, 11) is 3.54. The molecule has 0 spiro atoms. The van der Waals surface area contributed by atoms with Gasteiger partial charge < -0.3 is 19.7 Å². The fourth-order valence-electron chi connectivity index (χ4n) is 2.53. The van der Waals surface area contributed by atoms with Crippen LogP contribution >= 0.6 is 11.6 Å². The monoisotopic (exact) mass is 363 g/mol. The first-order valence-electron chi connectivity index (χ1n) is 8.18. The van der Waals surface area contributed by atoms with E-state index in [2.05, 4.69) is 5.32 Å². The Hall–Kier alpha value is -2.24. The first-order valence-corrected chi connectivity index (χ1v) is 8.56. The van der Waals surface area contributed by atoms with E-state index in [4.69, 9.17) is 21.1 Å². The van der Waals surface area contributed by atoms with E-state index in [-0.39, 0.29) is 5.91 Å². The van der Waals surface area contributed by atoms with E-state index in [1.807, 2.05) is 38.2 Å². The molecule has 0 aliphatic carbocycles. The van der Waals surface area contributed by atoms with Gasteiger partial charge in [0.05, 0.1) is 26.5 Å². The van der Waals surface area contributed by atoms with Gasteiger partial charge in [-0.1, -0.05) is 11.6 Å². The van der Waals surface area contributed by atoms with Crippen LogP contribution in [0.15, 0.2) is 42.5 Å². The Morgan fingerprint density at radius 2 is 1.92 bits per heavy atom. The molecule has 2 N–H and O–H groups in total. The van der Waals surface area contributed by atoms with Gasteiger partial charge in [-0.05, 0) is 49.4 Å². The predicted octanol–water partition coefficient (Wildman–Crippen LogP) is 2.40. The van der Waals surface area contributed by atoms with Crippen LogP contribution in [0.2, 0.25) is 5.02 Å². The highest BCUT2D eigenvalue weighted by atomic mass is 35.5. The lowest BCUT2D eigenvalue weighted by Crippen LogP contribution is -3.08. The Kier molecular flexibility index (Phi) is 7.10. The van der Waals surface area contributed by atoms with E-state index in [1.165, 1.54) is 0 Å². The smallest absolute Gasteiger partial charge is 0.279 e. The van der Waals surface area contributed by atoms with Gasteiger partial charge in [-0.3, -0.25) is 4.79 Å². The minimum Gasteiger partial charge on any atom is -0.495 e. The molecular formula is C19H24ClN2O3+. The minimum atomic E-state index is -0.0935. The topological polar surface area (TPSA) is 52.0 Å². The molecule has 1 amide bonds. The standard InChI is InChI=1S/C19H23ClN2O3/c1-4-25-16-8-5-14(6-9-16)12-22(2)13-19(23)21-17-11-15(20)7-10-18(17)24-3/h5-11H,4,12-13H2,1-3H3,(H,21,23)/p+1. The first-order chi connectivity index (χ1) is 12.0. The second-order valence-corrected chi connectivity index (χ2v) is 6.22. The molecule has 134 valence electrons. The van der Waals surface area contributed by atoms with Crippen LogP contribution in [0.4, 0.5) is 5.69 Å².